The molecule has 0 aliphatic rings. The first-order valence-electron chi connectivity index (χ1n) is 5.14. The number of aromatic nitrogens is 4. The summed E-state index contributed by atoms with van der Waals surface area (Å²) in [6, 6.07) is 2.56. The molecular weight excluding hydrogens is 247 g/mol. The number of aryl methyl sites for hydroxylation is 2. The summed E-state index contributed by atoms with van der Waals surface area (Å²) in [5, 5.41) is 6.23. The lowest BCUT2D eigenvalue weighted by molar-refractivity contribution is -0.141. The van der Waals surface area contributed by atoms with Gasteiger partial charge in [-0.05, 0) is 24.1 Å². The fourth-order valence-electron chi connectivity index (χ4n) is 1.47. The van der Waals surface area contributed by atoms with Gasteiger partial charge in [-0.3, -0.25) is 10.1 Å². The molecule has 2 heterocycles. The van der Waals surface area contributed by atoms with Crippen LogP contribution >= 0.6 is 0 Å². The van der Waals surface area contributed by atoms with E-state index in [0.717, 1.165) is 12.3 Å². The number of pyridine rings is 1. The Morgan fingerprint density at radius 3 is 2.67 bits per heavy atom. The molecule has 8 heteroatoms. The molecule has 0 bridgehead atoms. The van der Waals surface area contributed by atoms with Crippen molar-refractivity contribution < 1.29 is 13.2 Å². The van der Waals surface area contributed by atoms with Gasteiger partial charge < -0.3 is 5.73 Å². The molecule has 3 N–H and O–H groups in total. The minimum atomic E-state index is -4.42. The lowest BCUT2D eigenvalue weighted by Crippen LogP contribution is -2.08. The molecule has 0 unspecified atom stereocenters. The van der Waals surface area contributed by atoms with Crippen LogP contribution in [0.3, 0.4) is 0 Å². The minimum absolute atomic E-state index is 0.121. The van der Waals surface area contributed by atoms with Crippen molar-refractivity contribution in [3.63, 3.8) is 0 Å². The molecule has 0 fully saturated rings. The third-order valence-corrected chi connectivity index (χ3v) is 2.31. The molecule has 18 heavy (non-hydrogen) atoms. The van der Waals surface area contributed by atoms with Gasteiger partial charge in [0, 0.05) is 12.6 Å². The van der Waals surface area contributed by atoms with Gasteiger partial charge in [-0.15, -0.1) is 5.10 Å². The van der Waals surface area contributed by atoms with E-state index < -0.39 is 11.9 Å². The predicted molar refractivity (Wildman–Crippen MR) is 57.4 cm³/mol. The maximum Gasteiger partial charge on any atom is 0.433 e. The summed E-state index contributed by atoms with van der Waals surface area (Å²) in [6.07, 6.45) is -2.44. The third-order valence-electron chi connectivity index (χ3n) is 2.31. The molecule has 2 aromatic heterocycles. The molecule has 0 spiro atoms. The number of anilines is 1. The van der Waals surface area contributed by atoms with Gasteiger partial charge in [-0.25, -0.2) is 0 Å². The Hall–Kier alpha value is -2.12. The maximum absolute atomic E-state index is 12.4. The molecule has 0 radical (unpaired) electrons. The molecule has 2 aromatic rings. The molecular formula is C10H10F3N5. The van der Waals surface area contributed by atoms with Gasteiger partial charge in [-0.1, -0.05) is 0 Å². The predicted octanol–water partition coefficient (Wildman–Crippen LogP) is 1.59. The summed E-state index contributed by atoms with van der Waals surface area (Å²) in [5.41, 5.74) is 4.96. The molecule has 0 saturated carbocycles. The monoisotopic (exact) mass is 257 g/mol. The summed E-state index contributed by atoms with van der Waals surface area (Å²) in [6.45, 7) is 0. The highest BCUT2D eigenvalue weighted by molar-refractivity contribution is 5.20. The van der Waals surface area contributed by atoms with E-state index in [-0.39, 0.29) is 5.95 Å². The first-order chi connectivity index (χ1) is 8.45. The number of alkyl halides is 3. The third kappa shape index (κ3) is 2.96. The summed E-state index contributed by atoms with van der Waals surface area (Å²) in [4.78, 5) is 7.16. The molecule has 0 atom stereocenters. The van der Waals surface area contributed by atoms with Crippen molar-refractivity contribution in [3.05, 3.63) is 35.4 Å². The van der Waals surface area contributed by atoms with E-state index in [9.17, 15) is 13.2 Å². The second-order valence-electron chi connectivity index (χ2n) is 3.69. The average molecular weight is 257 g/mol. The van der Waals surface area contributed by atoms with Crippen LogP contribution in [0.1, 0.15) is 17.1 Å². The van der Waals surface area contributed by atoms with Crippen molar-refractivity contribution in [1.82, 2.24) is 20.2 Å². The van der Waals surface area contributed by atoms with Crippen LogP contribution in [-0.2, 0) is 19.0 Å². The number of hydrogen-bond donors (Lipinski definition) is 2. The molecule has 2 rings (SSSR count). The second-order valence-corrected chi connectivity index (χ2v) is 3.69. The highest BCUT2D eigenvalue weighted by Crippen LogP contribution is 2.27. The Labute approximate surface area is 100 Å². The minimum Gasteiger partial charge on any atom is -0.367 e. The topological polar surface area (TPSA) is 80.5 Å². The van der Waals surface area contributed by atoms with Crippen LogP contribution in [0.2, 0.25) is 0 Å². The van der Waals surface area contributed by atoms with Crippen molar-refractivity contribution in [2.24, 2.45) is 0 Å². The van der Waals surface area contributed by atoms with Crippen LogP contribution in [0.4, 0.5) is 19.1 Å². The smallest absolute Gasteiger partial charge is 0.367 e. The van der Waals surface area contributed by atoms with E-state index in [4.69, 9.17) is 5.73 Å². The standard InChI is InChI=1S/C10H10F3N5/c11-10(12,13)7-5-6(3-4-15-7)1-2-8-16-9(14)18-17-8/h3-5H,1-2H2,(H3,14,16,17,18). The number of halogens is 3. The lowest BCUT2D eigenvalue weighted by atomic mass is 10.1. The number of nitrogens with one attached hydrogen (secondary N) is 1. The van der Waals surface area contributed by atoms with Gasteiger partial charge in [0.2, 0.25) is 5.95 Å². The molecule has 0 saturated heterocycles. The van der Waals surface area contributed by atoms with E-state index in [2.05, 4.69) is 20.2 Å². The van der Waals surface area contributed by atoms with E-state index in [1.54, 1.807) is 0 Å². The van der Waals surface area contributed by atoms with Gasteiger partial charge in [0.25, 0.3) is 0 Å². The fraction of sp³-hybridized carbons (Fsp3) is 0.300. The highest BCUT2D eigenvalue weighted by atomic mass is 19.4. The van der Waals surface area contributed by atoms with Crippen LogP contribution in [0.5, 0.6) is 0 Å². The normalized spacial score (nSPS) is 11.7. The van der Waals surface area contributed by atoms with E-state index in [1.165, 1.54) is 6.07 Å². The number of H-pyrrole nitrogens is 1. The Morgan fingerprint density at radius 2 is 2.06 bits per heavy atom. The number of nitrogen functional groups attached to an aromatic ring is 1. The van der Waals surface area contributed by atoms with Gasteiger partial charge in [0.05, 0.1) is 0 Å². The van der Waals surface area contributed by atoms with Crippen LogP contribution < -0.4 is 5.73 Å². The van der Waals surface area contributed by atoms with Crippen molar-refractivity contribution >= 4 is 5.95 Å². The zero-order chi connectivity index (χ0) is 13.2. The van der Waals surface area contributed by atoms with Crippen LogP contribution in [0.15, 0.2) is 18.3 Å². The van der Waals surface area contributed by atoms with Gasteiger partial charge in [0.15, 0.2) is 0 Å². The zero-order valence-corrected chi connectivity index (χ0v) is 9.20. The number of rotatable bonds is 3. The highest BCUT2D eigenvalue weighted by Gasteiger charge is 2.32. The number of aromatic amines is 1. The number of nitrogens with zero attached hydrogens (tertiary/aromatic N) is 3. The average Bonchev–Trinajstić information content (AvgIpc) is 2.72. The fourth-order valence-corrected chi connectivity index (χ4v) is 1.47. The van der Waals surface area contributed by atoms with Crippen LogP contribution in [0, 0.1) is 0 Å². The van der Waals surface area contributed by atoms with Crippen molar-refractivity contribution in [1.29, 1.82) is 0 Å². The Kier molecular flexibility index (Phi) is 3.17. The summed E-state index contributed by atoms with van der Waals surface area (Å²) in [5.74, 6) is 0.661. The van der Waals surface area contributed by atoms with E-state index in [0.29, 0.717) is 24.2 Å². The second kappa shape index (κ2) is 4.63. The summed E-state index contributed by atoms with van der Waals surface area (Å²) in [7, 11) is 0. The summed E-state index contributed by atoms with van der Waals surface area (Å²) < 4.78 is 37.3. The van der Waals surface area contributed by atoms with Crippen molar-refractivity contribution in [2.45, 2.75) is 19.0 Å². The van der Waals surface area contributed by atoms with E-state index >= 15 is 0 Å². The Morgan fingerprint density at radius 1 is 1.28 bits per heavy atom. The molecule has 0 aliphatic carbocycles. The summed E-state index contributed by atoms with van der Waals surface area (Å²) >= 11 is 0. The quantitative estimate of drug-likeness (QED) is 0.874. The molecule has 0 amide bonds. The molecule has 5 nitrogen and oxygen atoms in total. The zero-order valence-electron chi connectivity index (χ0n) is 9.20. The van der Waals surface area contributed by atoms with Crippen molar-refractivity contribution in [3.8, 4) is 0 Å². The first-order valence-corrected chi connectivity index (χ1v) is 5.14. The SMILES string of the molecule is Nc1n[nH]c(CCc2ccnc(C(F)(F)F)c2)n1. The van der Waals surface area contributed by atoms with Gasteiger partial charge in [0.1, 0.15) is 11.5 Å². The van der Waals surface area contributed by atoms with Crippen LogP contribution in [-0.4, -0.2) is 20.2 Å². The molecule has 96 valence electrons. The maximum atomic E-state index is 12.4. The molecule has 0 aliphatic heterocycles. The number of nitrogens with two attached hydrogens (primary N) is 1. The van der Waals surface area contributed by atoms with Crippen molar-refractivity contribution in [2.75, 3.05) is 5.73 Å². The lowest BCUT2D eigenvalue weighted by Gasteiger charge is -2.06. The Balaban J connectivity index is 2.06. The van der Waals surface area contributed by atoms with Gasteiger partial charge >= 0.3 is 6.18 Å². The largest absolute Gasteiger partial charge is 0.433 e. The van der Waals surface area contributed by atoms with E-state index in [1.807, 2.05) is 0 Å². The molecule has 0 aromatic carbocycles. The van der Waals surface area contributed by atoms with Gasteiger partial charge in [-0.2, -0.15) is 18.2 Å². The number of hydrogen-bond acceptors (Lipinski definition) is 4. The van der Waals surface area contributed by atoms with Crippen LogP contribution in [0.25, 0.3) is 0 Å². The first kappa shape index (κ1) is 12.3. The Bertz CT molecular complexity index is 534.